The molecule has 0 aliphatic carbocycles. The third-order valence-corrected chi connectivity index (χ3v) is 1.63. The zero-order valence-corrected chi connectivity index (χ0v) is 6.29. The minimum absolute atomic E-state index is 0.0752. The molecule has 2 N–H and O–H groups in total. The van der Waals surface area contributed by atoms with Crippen LogP contribution in [0.4, 0.5) is 0 Å². The lowest BCUT2D eigenvalue weighted by molar-refractivity contribution is 0.395. The lowest BCUT2D eigenvalue weighted by Crippen LogP contribution is -2.08. The van der Waals surface area contributed by atoms with Crippen LogP contribution in [0, 0.1) is 6.92 Å². The van der Waals surface area contributed by atoms with Crippen LogP contribution in [0.25, 0.3) is 0 Å². The fraction of sp³-hybridized carbons (Fsp3) is 0.571. The average Bonchev–Trinajstić information content (AvgIpc) is 2.34. The highest BCUT2D eigenvalue weighted by Gasteiger charge is 2.09. The molecule has 1 rings (SSSR count). The minimum Gasteiger partial charge on any atom is -0.361 e. The molecule has 1 aromatic heterocycles. The van der Waals surface area contributed by atoms with Crippen molar-refractivity contribution < 1.29 is 4.52 Å². The Hall–Kier alpha value is -0.830. The van der Waals surface area contributed by atoms with Crippen molar-refractivity contribution in [2.24, 2.45) is 5.73 Å². The van der Waals surface area contributed by atoms with Crippen LogP contribution in [0.1, 0.15) is 30.7 Å². The summed E-state index contributed by atoms with van der Waals surface area (Å²) in [4.78, 5) is 0. The van der Waals surface area contributed by atoms with Gasteiger partial charge in [-0.3, -0.25) is 0 Å². The van der Waals surface area contributed by atoms with Gasteiger partial charge in [0.25, 0.3) is 0 Å². The molecule has 0 radical (unpaired) electrons. The van der Waals surface area contributed by atoms with Crippen LogP contribution in [0.3, 0.4) is 0 Å². The molecular formula is C7H12N2O. The predicted molar refractivity (Wildman–Crippen MR) is 38.5 cm³/mol. The van der Waals surface area contributed by atoms with Gasteiger partial charge in [0.15, 0.2) is 0 Å². The molecule has 10 heavy (non-hydrogen) atoms. The number of hydrogen-bond acceptors (Lipinski definition) is 3. The molecule has 1 atom stereocenters. The molecule has 0 saturated carbocycles. The molecule has 0 saturated heterocycles. The molecule has 0 aromatic carbocycles. The second kappa shape index (κ2) is 2.84. The van der Waals surface area contributed by atoms with Crippen LogP contribution in [0.15, 0.2) is 10.7 Å². The molecule has 0 spiro atoms. The maximum atomic E-state index is 5.74. The van der Waals surface area contributed by atoms with Crippen LogP contribution < -0.4 is 5.73 Å². The Labute approximate surface area is 60.2 Å². The summed E-state index contributed by atoms with van der Waals surface area (Å²) >= 11 is 0. The van der Waals surface area contributed by atoms with Crippen LogP contribution >= 0.6 is 0 Å². The molecule has 0 fully saturated rings. The first-order valence-electron chi connectivity index (χ1n) is 3.42. The third kappa shape index (κ3) is 1.19. The number of hydrogen-bond donors (Lipinski definition) is 1. The Morgan fingerprint density at radius 1 is 1.80 bits per heavy atom. The van der Waals surface area contributed by atoms with E-state index in [1.54, 1.807) is 6.20 Å². The zero-order chi connectivity index (χ0) is 7.56. The number of rotatable bonds is 2. The summed E-state index contributed by atoms with van der Waals surface area (Å²) < 4.78 is 4.86. The molecule has 3 nitrogen and oxygen atoms in total. The van der Waals surface area contributed by atoms with Crippen molar-refractivity contribution in [3.8, 4) is 0 Å². The predicted octanol–water partition coefficient (Wildman–Crippen LogP) is 1.39. The van der Waals surface area contributed by atoms with Crippen molar-refractivity contribution in [2.45, 2.75) is 26.3 Å². The van der Waals surface area contributed by atoms with Crippen molar-refractivity contribution in [3.05, 3.63) is 17.5 Å². The summed E-state index contributed by atoms with van der Waals surface area (Å²) in [5.41, 5.74) is 6.76. The molecule has 1 heterocycles. The van der Waals surface area contributed by atoms with Crippen molar-refractivity contribution in [1.82, 2.24) is 5.16 Å². The van der Waals surface area contributed by atoms with E-state index in [4.69, 9.17) is 10.3 Å². The monoisotopic (exact) mass is 140 g/mol. The van der Waals surface area contributed by atoms with Gasteiger partial charge < -0.3 is 10.3 Å². The topological polar surface area (TPSA) is 52.0 Å². The van der Waals surface area contributed by atoms with E-state index in [-0.39, 0.29) is 6.04 Å². The maximum Gasteiger partial charge on any atom is 0.138 e. The first-order chi connectivity index (χ1) is 4.75. The molecular weight excluding hydrogens is 128 g/mol. The van der Waals surface area contributed by atoms with Crippen molar-refractivity contribution >= 4 is 0 Å². The van der Waals surface area contributed by atoms with Gasteiger partial charge in [-0.25, -0.2) is 0 Å². The summed E-state index contributed by atoms with van der Waals surface area (Å²) in [6.07, 6.45) is 2.60. The zero-order valence-electron chi connectivity index (χ0n) is 6.29. The molecule has 56 valence electrons. The number of aryl methyl sites for hydroxylation is 1. The summed E-state index contributed by atoms with van der Waals surface area (Å²) in [6.45, 7) is 3.91. The third-order valence-electron chi connectivity index (χ3n) is 1.63. The van der Waals surface area contributed by atoms with Gasteiger partial charge in [-0.1, -0.05) is 12.1 Å². The Morgan fingerprint density at radius 2 is 2.50 bits per heavy atom. The highest BCUT2D eigenvalue weighted by atomic mass is 16.5. The van der Waals surface area contributed by atoms with E-state index in [0.29, 0.717) is 0 Å². The van der Waals surface area contributed by atoms with Crippen LogP contribution in [-0.4, -0.2) is 5.16 Å². The van der Waals surface area contributed by atoms with Crippen molar-refractivity contribution in [3.63, 3.8) is 0 Å². The largest absolute Gasteiger partial charge is 0.361 e. The average molecular weight is 140 g/mol. The van der Waals surface area contributed by atoms with Gasteiger partial charge in [0.05, 0.1) is 6.20 Å². The highest BCUT2D eigenvalue weighted by Crippen LogP contribution is 2.16. The first kappa shape index (κ1) is 7.28. The van der Waals surface area contributed by atoms with Crippen LogP contribution in [0.5, 0.6) is 0 Å². The normalized spacial score (nSPS) is 13.5. The lowest BCUT2D eigenvalue weighted by Gasteiger charge is -2.03. The van der Waals surface area contributed by atoms with E-state index in [2.05, 4.69) is 5.16 Å². The van der Waals surface area contributed by atoms with Gasteiger partial charge >= 0.3 is 0 Å². The number of nitrogens with zero attached hydrogens (tertiary/aromatic N) is 1. The Kier molecular flexibility index (Phi) is 2.06. The van der Waals surface area contributed by atoms with Gasteiger partial charge in [0, 0.05) is 11.6 Å². The summed E-state index contributed by atoms with van der Waals surface area (Å²) in [7, 11) is 0. The Bertz CT molecular complexity index is 207. The molecule has 3 heteroatoms. The first-order valence-corrected chi connectivity index (χ1v) is 3.42. The smallest absolute Gasteiger partial charge is 0.138 e. The fourth-order valence-corrected chi connectivity index (χ4v) is 0.883. The standard InChI is InChI=1S/C7H12N2O/c1-3-7(8)6-4-9-10-5(6)2/h4,7H,3,8H2,1-2H3. The van der Waals surface area contributed by atoms with Crippen molar-refractivity contribution in [2.75, 3.05) is 0 Å². The van der Waals surface area contributed by atoms with E-state index >= 15 is 0 Å². The maximum absolute atomic E-state index is 5.74. The Morgan fingerprint density at radius 3 is 2.90 bits per heavy atom. The van der Waals surface area contributed by atoms with E-state index < -0.39 is 0 Å². The molecule has 0 aliphatic heterocycles. The van der Waals surface area contributed by atoms with Gasteiger partial charge in [-0.2, -0.15) is 0 Å². The number of aromatic nitrogens is 1. The molecule has 0 amide bonds. The minimum atomic E-state index is 0.0752. The van der Waals surface area contributed by atoms with Gasteiger partial charge in [0.2, 0.25) is 0 Å². The summed E-state index contributed by atoms with van der Waals surface area (Å²) in [5.74, 6) is 0.828. The SMILES string of the molecule is CCC(N)c1cnoc1C. The summed E-state index contributed by atoms with van der Waals surface area (Å²) in [6, 6.07) is 0.0752. The molecule has 1 unspecified atom stereocenters. The molecule has 1 aromatic rings. The van der Waals surface area contributed by atoms with Gasteiger partial charge in [0.1, 0.15) is 5.76 Å². The second-order valence-electron chi connectivity index (χ2n) is 2.35. The highest BCUT2D eigenvalue weighted by molar-refractivity contribution is 5.15. The van der Waals surface area contributed by atoms with E-state index in [0.717, 1.165) is 17.7 Å². The van der Waals surface area contributed by atoms with E-state index in [1.165, 1.54) is 0 Å². The van der Waals surface area contributed by atoms with Crippen LogP contribution in [0.2, 0.25) is 0 Å². The quantitative estimate of drug-likeness (QED) is 0.675. The lowest BCUT2D eigenvalue weighted by atomic mass is 10.1. The van der Waals surface area contributed by atoms with E-state index in [1.807, 2.05) is 13.8 Å². The molecule has 0 bridgehead atoms. The summed E-state index contributed by atoms with van der Waals surface area (Å²) in [5, 5.41) is 3.64. The molecule has 0 aliphatic rings. The van der Waals surface area contributed by atoms with Gasteiger partial charge in [-0.05, 0) is 13.3 Å². The number of nitrogens with two attached hydrogens (primary N) is 1. The van der Waals surface area contributed by atoms with Crippen molar-refractivity contribution in [1.29, 1.82) is 0 Å². The fourth-order valence-electron chi connectivity index (χ4n) is 0.883. The van der Waals surface area contributed by atoms with Crippen LogP contribution in [-0.2, 0) is 0 Å². The Balaban J connectivity index is 2.82. The second-order valence-corrected chi connectivity index (χ2v) is 2.35. The van der Waals surface area contributed by atoms with E-state index in [9.17, 15) is 0 Å². The van der Waals surface area contributed by atoms with Gasteiger partial charge in [-0.15, -0.1) is 0 Å².